The lowest BCUT2D eigenvalue weighted by atomic mass is 9.76. The van der Waals surface area contributed by atoms with Crippen LogP contribution in [0.15, 0.2) is 48.5 Å². The van der Waals surface area contributed by atoms with E-state index in [1.807, 2.05) is 12.1 Å². The highest BCUT2D eigenvalue weighted by Gasteiger charge is 2.42. The molecule has 1 aliphatic carbocycles. The standard InChI is InChI=1S/C26H32FN3O3/c1-2-33-24(31)20-6-3-7-22(17-20)28-25(32)29-26(13-5-14-26)18-30-15-4-8-23(30)16-19-9-11-21(27)12-10-19/h3,6-7,9-12,17,23H,2,4-5,8,13-16,18H2,1H3,(H2,28,29,32). The Kier molecular flexibility index (Phi) is 7.28. The molecule has 1 saturated carbocycles. The van der Waals surface area contributed by atoms with Crippen LogP contribution in [0.3, 0.4) is 0 Å². The molecule has 1 saturated heterocycles. The van der Waals surface area contributed by atoms with Gasteiger partial charge in [0, 0.05) is 18.3 Å². The van der Waals surface area contributed by atoms with Gasteiger partial charge in [0.25, 0.3) is 0 Å². The van der Waals surface area contributed by atoms with E-state index in [-0.39, 0.29) is 17.4 Å². The number of benzene rings is 2. The number of carbonyl (C=O) groups is 2. The van der Waals surface area contributed by atoms with E-state index < -0.39 is 5.97 Å². The van der Waals surface area contributed by atoms with Crippen LogP contribution in [0.4, 0.5) is 14.9 Å². The van der Waals surface area contributed by atoms with Crippen LogP contribution >= 0.6 is 0 Å². The number of hydrogen-bond donors (Lipinski definition) is 2. The number of esters is 1. The Morgan fingerprint density at radius 1 is 1.15 bits per heavy atom. The van der Waals surface area contributed by atoms with Gasteiger partial charge in [0.2, 0.25) is 0 Å². The summed E-state index contributed by atoms with van der Waals surface area (Å²) in [7, 11) is 0. The summed E-state index contributed by atoms with van der Waals surface area (Å²) in [6.45, 7) is 3.89. The van der Waals surface area contributed by atoms with Crippen molar-refractivity contribution < 1.29 is 18.7 Å². The molecule has 2 aromatic rings. The van der Waals surface area contributed by atoms with E-state index in [0.717, 1.165) is 57.2 Å². The molecule has 1 heterocycles. The van der Waals surface area contributed by atoms with Gasteiger partial charge in [0.1, 0.15) is 5.82 Å². The summed E-state index contributed by atoms with van der Waals surface area (Å²) in [6.07, 6.45) is 6.12. The Bertz CT molecular complexity index is 975. The molecule has 0 radical (unpaired) electrons. The molecular weight excluding hydrogens is 421 g/mol. The minimum absolute atomic E-state index is 0.210. The van der Waals surface area contributed by atoms with E-state index in [1.54, 1.807) is 31.2 Å². The topological polar surface area (TPSA) is 70.7 Å². The van der Waals surface area contributed by atoms with Gasteiger partial charge in [0.05, 0.1) is 17.7 Å². The number of ether oxygens (including phenoxy) is 1. The van der Waals surface area contributed by atoms with Crippen molar-refractivity contribution in [2.24, 2.45) is 0 Å². The van der Waals surface area contributed by atoms with Gasteiger partial charge in [0.15, 0.2) is 0 Å². The van der Waals surface area contributed by atoms with Gasteiger partial charge in [-0.05, 0) is 87.9 Å². The number of anilines is 1. The van der Waals surface area contributed by atoms with Gasteiger partial charge >= 0.3 is 12.0 Å². The number of halogens is 1. The minimum Gasteiger partial charge on any atom is -0.462 e. The molecule has 0 bridgehead atoms. The van der Waals surface area contributed by atoms with Crippen molar-refractivity contribution in [3.8, 4) is 0 Å². The molecule has 1 atom stereocenters. The van der Waals surface area contributed by atoms with Crippen molar-refractivity contribution in [1.82, 2.24) is 10.2 Å². The molecule has 1 unspecified atom stereocenters. The fraction of sp³-hybridized carbons (Fsp3) is 0.462. The second-order valence-electron chi connectivity index (χ2n) is 9.11. The lowest BCUT2D eigenvalue weighted by Crippen LogP contribution is -2.61. The Morgan fingerprint density at radius 3 is 2.64 bits per heavy atom. The highest BCUT2D eigenvalue weighted by molar-refractivity contribution is 5.94. The minimum atomic E-state index is -0.404. The zero-order valence-corrected chi connectivity index (χ0v) is 19.1. The lowest BCUT2D eigenvalue weighted by Gasteiger charge is -2.46. The van der Waals surface area contributed by atoms with E-state index >= 15 is 0 Å². The molecule has 2 aromatic carbocycles. The average molecular weight is 454 g/mol. The van der Waals surface area contributed by atoms with Crippen molar-refractivity contribution in [3.63, 3.8) is 0 Å². The number of likely N-dealkylation sites (tertiary alicyclic amines) is 1. The monoisotopic (exact) mass is 453 g/mol. The van der Waals surface area contributed by atoms with Crippen LogP contribution < -0.4 is 10.6 Å². The molecule has 7 heteroatoms. The molecule has 2 aliphatic rings. The summed E-state index contributed by atoms with van der Waals surface area (Å²) >= 11 is 0. The summed E-state index contributed by atoms with van der Waals surface area (Å²) in [4.78, 5) is 27.3. The second kappa shape index (κ2) is 10.3. The number of rotatable bonds is 8. The number of nitrogens with zero attached hydrogens (tertiary/aromatic N) is 1. The lowest BCUT2D eigenvalue weighted by molar-refractivity contribution is 0.0526. The van der Waals surface area contributed by atoms with Gasteiger partial charge in [-0.3, -0.25) is 4.90 Å². The van der Waals surface area contributed by atoms with Crippen LogP contribution in [-0.4, -0.2) is 48.2 Å². The Hall–Kier alpha value is -2.93. The fourth-order valence-corrected chi connectivity index (χ4v) is 4.88. The predicted molar refractivity (Wildman–Crippen MR) is 126 cm³/mol. The smallest absolute Gasteiger partial charge is 0.338 e. The third kappa shape index (κ3) is 5.90. The maximum absolute atomic E-state index is 13.2. The van der Waals surface area contributed by atoms with E-state index in [4.69, 9.17) is 4.74 Å². The number of carbonyl (C=O) groups excluding carboxylic acids is 2. The normalized spacial score (nSPS) is 19.5. The summed E-state index contributed by atoms with van der Waals surface area (Å²) in [6, 6.07) is 13.7. The molecule has 0 spiro atoms. The second-order valence-corrected chi connectivity index (χ2v) is 9.11. The van der Waals surface area contributed by atoms with Crippen LogP contribution in [-0.2, 0) is 11.2 Å². The highest BCUT2D eigenvalue weighted by atomic mass is 19.1. The van der Waals surface area contributed by atoms with Gasteiger partial charge in [-0.2, -0.15) is 0 Å². The Labute approximate surface area is 194 Å². The first-order chi connectivity index (χ1) is 16.0. The fourth-order valence-electron chi connectivity index (χ4n) is 4.88. The third-order valence-corrected chi connectivity index (χ3v) is 6.71. The maximum Gasteiger partial charge on any atom is 0.338 e. The van der Waals surface area contributed by atoms with Crippen LogP contribution in [0.2, 0.25) is 0 Å². The predicted octanol–water partition coefficient (Wildman–Crippen LogP) is 4.75. The van der Waals surface area contributed by atoms with E-state index in [2.05, 4.69) is 15.5 Å². The van der Waals surface area contributed by atoms with Crippen LogP contribution in [0, 0.1) is 5.82 Å². The van der Waals surface area contributed by atoms with Crippen molar-refractivity contribution in [1.29, 1.82) is 0 Å². The molecule has 33 heavy (non-hydrogen) atoms. The van der Waals surface area contributed by atoms with Crippen molar-refractivity contribution >= 4 is 17.7 Å². The SMILES string of the molecule is CCOC(=O)c1cccc(NC(=O)NC2(CN3CCCC3Cc3ccc(F)cc3)CCC2)c1. The molecular formula is C26H32FN3O3. The number of nitrogens with one attached hydrogen (secondary N) is 2. The third-order valence-electron chi connectivity index (χ3n) is 6.71. The molecule has 4 rings (SSSR count). The molecule has 2 N–H and O–H groups in total. The Balaban J connectivity index is 1.35. The first-order valence-corrected chi connectivity index (χ1v) is 11.8. The number of hydrogen-bond acceptors (Lipinski definition) is 4. The zero-order chi connectivity index (χ0) is 23.3. The van der Waals surface area contributed by atoms with Crippen LogP contribution in [0.1, 0.15) is 54.9 Å². The number of amides is 2. The van der Waals surface area contributed by atoms with Gasteiger partial charge in [-0.15, -0.1) is 0 Å². The van der Waals surface area contributed by atoms with Crippen LogP contribution in [0.5, 0.6) is 0 Å². The quantitative estimate of drug-likeness (QED) is 0.566. The van der Waals surface area contributed by atoms with Gasteiger partial charge in [-0.25, -0.2) is 14.0 Å². The maximum atomic E-state index is 13.2. The van der Waals surface area contributed by atoms with Crippen molar-refractivity contribution in [2.45, 2.75) is 57.0 Å². The first-order valence-electron chi connectivity index (χ1n) is 11.8. The van der Waals surface area contributed by atoms with Gasteiger partial charge in [-0.1, -0.05) is 18.2 Å². The highest BCUT2D eigenvalue weighted by Crippen LogP contribution is 2.35. The molecule has 1 aliphatic heterocycles. The van der Waals surface area contributed by atoms with Crippen LogP contribution in [0.25, 0.3) is 0 Å². The molecule has 2 amide bonds. The summed E-state index contributed by atoms with van der Waals surface area (Å²) < 4.78 is 18.3. The van der Waals surface area contributed by atoms with Crippen molar-refractivity contribution in [3.05, 3.63) is 65.5 Å². The van der Waals surface area contributed by atoms with Gasteiger partial charge < -0.3 is 15.4 Å². The zero-order valence-electron chi connectivity index (χ0n) is 19.1. The summed E-state index contributed by atoms with van der Waals surface area (Å²) in [5.41, 5.74) is 1.87. The van der Waals surface area contributed by atoms with E-state index in [9.17, 15) is 14.0 Å². The average Bonchev–Trinajstić information content (AvgIpc) is 3.20. The first kappa shape index (κ1) is 23.2. The van der Waals surface area contributed by atoms with E-state index in [0.29, 0.717) is 23.9 Å². The molecule has 6 nitrogen and oxygen atoms in total. The molecule has 0 aromatic heterocycles. The van der Waals surface area contributed by atoms with Crippen molar-refractivity contribution in [2.75, 3.05) is 25.0 Å². The summed E-state index contributed by atoms with van der Waals surface area (Å²) in [5, 5.41) is 6.09. The Morgan fingerprint density at radius 2 is 1.94 bits per heavy atom. The summed E-state index contributed by atoms with van der Waals surface area (Å²) in [5.74, 6) is -0.614. The largest absolute Gasteiger partial charge is 0.462 e. The molecule has 2 fully saturated rings. The van der Waals surface area contributed by atoms with E-state index in [1.165, 1.54) is 12.1 Å². The molecule has 176 valence electrons. The number of urea groups is 1.